The number of amides is 1. The zero-order valence-electron chi connectivity index (χ0n) is 23.1. The summed E-state index contributed by atoms with van der Waals surface area (Å²) in [6.07, 6.45) is 2.76. The monoisotopic (exact) mass is 580 g/mol. The number of alkyl halides is 3. The summed E-state index contributed by atoms with van der Waals surface area (Å²) in [6, 6.07) is 7.17. The molecule has 5 heterocycles. The van der Waals surface area contributed by atoms with Crippen molar-refractivity contribution in [2.45, 2.75) is 44.6 Å². The Morgan fingerprint density at radius 2 is 1.76 bits per heavy atom. The molecule has 220 valence electrons. The van der Waals surface area contributed by atoms with E-state index in [1.54, 1.807) is 40.5 Å². The molecule has 3 aromatic heterocycles. The fourth-order valence-corrected chi connectivity index (χ4v) is 5.71. The number of pyridine rings is 1. The molecule has 0 aliphatic carbocycles. The van der Waals surface area contributed by atoms with Crippen molar-refractivity contribution >= 4 is 28.7 Å². The molecule has 0 saturated carbocycles. The number of aromatic nitrogens is 5. The van der Waals surface area contributed by atoms with Crippen molar-refractivity contribution in [3.63, 3.8) is 0 Å². The second kappa shape index (κ2) is 11.2. The van der Waals surface area contributed by atoms with Crippen LogP contribution in [0.15, 0.2) is 55.2 Å². The molecule has 1 atom stereocenters. The molecule has 1 aromatic carbocycles. The van der Waals surface area contributed by atoms with Crippen molar-refractivity contribution in [3.8, 4) is 11.1 Å². The van der Waals surface area contributed by atoms with E-state index in [0.717, 1.165) is 12.1 Å². The maximum Gasteiger partial charge on any atom is 0.416 e. The molecular weight excluding hydrogens is 549 g/mol. The van der Waals surface area contributed by atoms with Crippen LogP contribution in [0.4, 0.5) is 24.8 Å². The van der Waals surface area contributed by atoms with Crippen LogP contribution in [-0.4, -0.2) is 85.3 Å². The third-order valence-corrected chi connectivity index (χ3v) is 7.99. The predicted octanol–water partition coefficient (Wildman–Crippen LogP) is 3.61. The lowest BCUT2D eigenvalue weighted by molar-refractivity contribution is -0.137. The lowest BCUT2D eigenvalue weighted by Gasteiger charge is -2.41. The number of aliphatic hydroxyl groups excluding tert-OH is 1. The predicted molar refractivity (Wildman–Crippen MR) is 151 cm³/mol. The van der Waals surface area contributed by atoms with Gasteiger partial charge in [0, 0.05) is 74.2 Å². The van der Waals surface area contributed by atoms with Gasteiger partial charge in [0.1, 0.15) is 12.1 Å². The molecule has 13 heteroatoms. The summed E-state index contributed by atoms with van der Waals surface area (Å²) >= 11 is 0. The zero-order chi connectivity index (χ0) is 29.4. The zero-order valence-corrected chi connectivity index (χ0v) is 23.1. The number of hydrogen-bond donors (Lipinski definition) is 1. The standard InChI is InChI=1S/C29H31F3N8O2/c1-19-16-38(11-12-40(19)26(42)17-39-18-36-24-3-2-8-33-27(24)39)25-5-4-21(29(30,31)32)13-23(25)20-14-34-28(35-15-20)37-9-6-22(41)7-10-37/h2-5,8,13-15,18-19,22,41H,6-7,9-12,16-17H2,1H3. The fraction of sp³-hybridized carbons (Fsp3) is 0.414. The number of rotatable bonds is 5. The van der Waals surface area contributed by atoms with E-state index < -0.39 is 11.7 Å². The molecule has 0 radical (unpaired) electrons. The summed E-state index contributed by atoms with van der Waals surface area (Å²) < 4.78 is 42.9. The van der Waals surface area contributed by atoms with Gasteiger partial charge in [-0.1, -0.05) is 0 Å². The highest BCUT2D eigenvalue weighted by molar-refractivity contribution is 5.81. The summed E-state index contributed by atoms with van der Waals surface area (Å²) in [4.78, 5) is 36.6. The van der Waals surface area contributed by atoms with E-state index in [1.807, 2.05) is 22.8 Å². The number of halogens is 3. The maximum atomic E-state index is 13.7. The van der Waals surface area contributed by atoms with Crippen LogP contribution in [-0.2, 0) is 17.5 Å². The van der Waals surface area contributed by atoms with Crippen molar-refractivity contribution in [2.24, 2.45) is 0 Å². The first-order valence-electron chi connectivity index (χ1n) is 13.9. The Balaban J connectivity index is 1.22. The van der Waals surface area contributed by atoms with Crippen molar-refractivity contribution in [1.29, 1.82) is 0 Å². The number of imidazole rings is 1. The first-order chi connectivity index (χ1) is 20.2. The number of piperazine rings is 1. The number of anilines is 2. The number of nitrogens with zero attached hydrogens (tertiary/aromatic N) is 8. The number of fused-ring (bicyclic) bond motifs is 1. The van der Waals surface area contributed by atoms with Crippen LogP contribution >= 0.6 is 0 Å². The van der Waals surface area contributed by atoms with Crippen LogP contribution in [0.2, 0.25) is 0 Å². The van der Waals surface area contributed by atoms with Gasteiger partial charge in [0.25, 0.3) is 0 Å². The van der Waals surface area contributed by atoms with Crippen LogP contribution in [0.1, 0.15) is 25.3 Å². The second-order valence-electron chi connectivity index (χ2n) is 10.8. The van der Waals surface area contributed by atoms with Crippen LogP contribution in [0.3, 0.4) is 0 Å². The highest BCUT2D eigenvalue weighted by atomic mass is 19.4. The van der Waals surface area contributed by atoms with E-state index >= 15 is 0 Å². The Kier molecular flexibility index (Phi) is 7.43. The average molecular weight is 581 g/mol. The molecule has 2 fully saturated rings. The smallest absolute Gasteiger partial charge is 0.393 e. The van der Waals surface area contributed by atoms with Gasteiger partial charge in [-0.05, 0) is 50.1 Å². The molecule has 4 aromatic rings. The first-order valence-corrected chi connectivity index (χ1v) is 13.9. The molecule has 42 heavy (non-hydrogen) atoms. The normalized spacial score (nSPS) is 18.6. The highest BCUT2D eigenvalue weighted by Gasteiger charge is 2.33. The molecule has 2 aliphatic heterocycles. The molecule has 6 rings (SSSR count). The Labute approximate surface area is 240 Å². The summed E-state index contributed by atoms with van der Waals surface area (Å²) in [7, 11) is 0. The van der Waals surface area contributed by atoms with Crippen LogP contribution in [0.25, 0.3) is 22.3 Å². The van der Waals surface area contributed by atoms with E-state index in [1.165, 1.54) is 6.07 Å². The number of carbonyl (C=O) groups excluding carboxylic acids is 1. The van der Waals surface area contributed by atoms with Gasteiger partial charge in [-0.3, -0.25) is 4.79 Å². The van der Waals surface area contributed by atoms with Gasteiger partial charge >= 0.3 is 6.18 Å². The molecule has 0 spiro atoms. The van der Waals surface area contributed by atoms with Gasteiger partial charge in [0.05, 0.1) is 18.0 Å². The Bertz CT molecular complexity index is 1570. The van der Waals surface area contributed by atoms with Crippen molar-refractivity contribution in [1.82, 2.24) is 29.4 Å². The number of aliphatic hydroxyl groups is 1. The number of hydrogen-bond acceptors (Lipinski definition) is 8. The van der Waals surface area contributed by atoms with E-state index in [4.69, 9.17) is 0 Å². The van der Waals surface area contributed by atoms with Gasteiger partial charge in [0.15, 0.2) is 5.65 Å². The number of piperidine rings is 1. The Morgan fingerprint density at radius 3 is 2.48 bits per heavy atom. The van der Waals surface area contributed by atoms with Crippen molar-refractivity contribution < 1.29 is 23.1 Å². The lowest BCUT2D eigenvalue weighted by Crippen LogP contribution is -2.54. The van der Waals surface area contributed by atoms with Crippen molar-refractivity contribution in [2.75, 3.05) is 42.5 Å². The molecule has 1 N–H and O–H groups in total. The first kappa shape index (κ1) is 27.9. The van der Waals surface area contributed by atoms with E-state index in [0.29, 0.717) is 79.5 Å². The molecule has 2 saturated heterocycles. The number of benzene rings is 1. The quantitative estimate of drug-likeness (QED) is 0.382. The minimum Gasteiger partial charge on any atom is -0.393 e. The van der Waals surface area contributed by atoms with Gasteiger partial charge in [-0.2, -0.15) is 13.2 Å². The largest absolute Gasteiger partial charge is 0.416 e. The molecular formula is C29H31F3N8O2. The lowest BCUT2D eigenvalue weighted by atomic mass is 10.0. The third-order valence-electron chi connectivity index (χ3n) is 7.99. The minimum absolute atomic E-state index is 0.0750. The van der Waals surface area contributed by atoms with Crippen LogP contribution in [0, 0.1) is 0 Å². The summed E-state index contributed by atoms with van der Waals surface area (Å²) in [5, 5.41) is 9.78. The summed E-state index contributed by atoms with van der Waals surface area (Å²) in [6.45, 7) is 4.58. The van der Waals surface area contributed by atoms with Crippen LogP contribution in [0.5, 0.6) is 0 Å². The molecule has 1 amide bonds. The van der Waals surface area contributed by atoms with E-state index in [9.17, 15) is 23.1 Å². The Morgan fingerprint density at radius 1 is 1.00 bits per heavy atom. The van der Waals surface area contributed by atoms with E-state index in [2.05, 4.69) is 19.9 Å². The molecule has 10 nitrogen and oxygen atoms in total. The summed E-state index contributed by atoms with van der Waals surface area (Å²) in [5.41, 5.74) is 2.08. The van der Waals surface area contributed by atoms with Gasteiger partial charge in [-0.25, -0.2) is 19.9 Å². The van der Waals surface area contributed by atoms with Gasteiger partial charge < -0.3 is 24.4 Å². The van der Waals surface area contributed by atoms with Gasteiger partial charge in [0.2, 0.25) is 11.9 Å². The van der Waals surface area contributed by atoms with E-state index in [-0.39, 0.29) is 24.6 Å². The number of carbonyl (C=O) groups is 1. The SMILES string of the molecule is CC1CN(c2ccc(C(F)(F)F)cc2-c2cnc(N3CCC(O)CC3)nc2)CCN1C(=O)Cn1cnc2cccnc21. The Hall–Kier alpha value is -4.26. The van der Waals surface area contributed by atoms with Gasteiger partial charge in [-0.15, -0.1) is 0 Å². The highest BCUT2D eigenvalue weighted by Crippen LogP contribution is 2.38. The average Bonchev–Trinajstić information content (AvgIpc) is 3.39. The molecule has 0 bridgehead atoms. The van der Waals surface area contributed by atoms with Crippen molar-refractivity contribution in [3.05, 3.63) is 60.8 Å². The molecule has 1 unspecified atom stereocenters. The third kappa shape index (κ3) is 5.60. The summed E-state index contributed by atoms with van der Waals surface area (Å²) in [5.74, 6) is 0.412. The minimum atomic E-state index is -4.51. The maximum absolute atomic E-state index is 13.7. The second-order valence-corrected chi connectivity index (χ2v) is 10.8. The fourth-order valence-electron chi connectivity index (χ4n) is 5.71. The molecule has 2 aliphatic rings. The topological polar surface area (TPSA) is 104 Å². The van der Waals surface area contributed by atoms with Crippen LogP contribution < -0.4 is 9.80 Å².